The zero-order chi connectivity index (χ0) is 17.0. The van der Waals surface area contributed by atoms with Crippen LogP contribution in [0.4, 0.5) is 4.79 Å². The average Bonchev–Trinajstić information content (AvgIpc) is 2.46. The summed E-state index contributed by atoms with van der Waals surface area (Å²) >= 11 is 0. The molecule has 1 aliphatic rings. The van der Waals surface area contributed by atoms with Crippen molar-refractivity contribution in [2.75, 3.05) is 18.8 Å². The lowest BCUT2D eigenvalue weighted by Gasteiger charge is -2.29. The van der Waals surface area contributed by atoms with Crippen LogP contribution in [-0.4, -0.2) is 39.6 Å². The van der Waals surface area contributed by atoms with E-state index in [1.165, 1.54) is 0 Å². The van der Waals surface area contributed by atoms with Crippen LogP contribution in [-0.2, 0) is 15.5 Å². The number of rotatable bonds is 3. The third-order valence-corrected chi connectivity index (χ3v) is 4.99. The molecule has 1 aromatic rings. The van der Waals surface area contributed by atoms with Gasteiger partial charge in [0.25, 0.3) is 0 Å². The second-order valence-electron chi connectivity index (χ2n) is 6.84. The van der Waals surface area contributed by atoms with Crippen LogP contribution in [0, 0.1) is 6.92 Å². The molecule has 0 N–H and O–H groups in total. The summed E-state index contributed by atoms with van der Waals surface area (Å²) < 4.78 is 17.8. The summed E-state index contributed by atoms with van der Waals surface area (Å²) in [7, 11) is -1.03. The third-order valence-electron chi connectivity index (χ3n) is 3.56. The van der Waals surface area contributed by atoms with E-state index in [1.807, 2.05) is 58.0 Å². The number of carbonyl (C=O) groups excluding carboxylic acids is 1. The first-order valence-electron chi connectivity index (χ1n) is 7.85. The van der Waals surface area contributed by atoms with Crippen LogP contribution < -0.4 is 0 Å². The van der Waals surface area contributed by atoms with Gasteiger partial charge in [-0.3, -0.25) is 4.21 Å². The molecule has 0 unspecified atom stereocenters. The summed E-state index contributed by atoms with van der Waals surface area (Å²) in [4.78, 5) is 14.5. The molecule has 0 saturated heterocycles. The highest BCUT2D eigenvalue weighted by Crippen LogP contribution is 2.18. The summed E-state index contributed by atoms with van der Waals surface area (Å²) in [5.74, 6) is 0.533. The van der Waals surface area contributed by atoms with E-state index in [0.29, 0.717) is 18.8 Å². The van der Waals surface area contributed by atoms with Gasteiger partial charge in [0.05, 0.1) is 10.8 Å². The molecule has 126 valence electrons. The monoisotopic (exact) mass is 335 g/mol. The molecule has 0 aliphatic carbocycles. The molecule has 4 nitrogen and oxygen atoms in total. The number of carbonyl (C=O) groups is 1. The van der Waals surface area contributed by atoms with Gasteiger partial charge in [-0.2, -0.15) is 0 Å². The fourth-order valence-electron chi connectivity index (χ4n) is 2.28. The van der Waals surface area contributed by atoms with Gasteiger partial charge in [-0.05, 0) is 46.2 Å². The fraction of sp³-hybridized carbons (Fsp3) is 0.500. The normalized spacial score (nSPS) is 16.7. The SMILES string of the molecule is Cc1ccc([S@@](=O)CC2=CCN(C(=O)OC(C)(C)C)CC2)cc1. The van der Waals surface area contributed by atoms with Crippen molar-refractivity contribution in [3.05, 3.63) is 41.5 Å². The van der Waals surface area contributed by atoms with Crippen molar-refractivity contribution >= 4 is 16.9 Å². The summed E-state index contributed by atoms with van der Waals surface area (Å²) in [6, 6.07) is 7.79. The molecule has 1 aromatic carbocycles. The van der Waals surface area contributed by atoms with Crippen LogP contribution in [0.5, 0.6) is 0 Å². The highest BCUT2D eigenvalue weighted by Gasteiger charge is 2.24. The third kappa shape index (κ3) is 5.50. The number of hydrogen-bond acceptors (Lipinski definition) is 3. The van der Waals surface area contributed by atoms with Crippen molar-refractivity contribution in [2.45, 2.75) is 44.6 Å². The van der Waals surface area contributed by atoms with E-state index >= 15 is 0 Å². The van der Waals surface area contributed by atoms with Gasteiger partial charge >= 0.3 is 6.09 Å². The maximum atomic E-state index is 12.4. The zero-order valence-electron chi connectivity index (χ0n) is 14.3. The number of aryl methyl sites for hydroxylation is 1. The summed E-state index contributed by atoms with van der Waals surface area (Å²) in [5.41, 5.74) is 1.83. The topological polar surface area (TPSA) is 46.6 Å². The lowest BCUT2D eigenvalue weighted by atomic mass is 10.1. The highest BCUT2D eigenvalue weighted by molar-refractivity contribution is 7.85. The van der Waals surface area contributed by atoms with Gasteiger partial charge in [0, 0.05) is 23.7 Å². The van der Waals surface area contributed by atoms with E-state index in [4.69, 9.17) is 4.74 Å². The van der Waals surface area contributed by atoms with Gasteiger partial charge in [0.1, 0.15) is 5.60 Å². The molecule has 0 fully saturated rings. The molecular weight excluding hydrogens is 310 g/mol. The molecule has 1 aliphatic heterocycles. The smallest absolute Gasteiger partial charge is 0.410 e. The van der Waals surface area contributed by atoms with E-state index in [2.05, 4.69) is 0 Å². The van der Waals surface area contributed by atoms with Gasteiger partial charge in [-0.15, -0.1) is 0 Å². The fourth-order valence-corrected chi connectivity index (χ4v) is 3.48. The number of amides is 1. The van der Waals surface area contributed by atoms with Crippen molar-refractivity contribution in [1.82, 2.24) is 4.90 Å². The number of hydrogen-bond donors (Lipinski definition) is 0. The highest BCUT2D eigenvalue weighted by atomic mass is 32.2. The maximum Gasteiger partial charge on any atom is 0.410 e. The Hall–Kier alpha value is -1.62. The van der Waals surface area contributed by atoms with E-state index < -0.39 is 16.4 Å². The molecule has 0 bridgehead atoms. The van der Waals surface area contributed by atoms with Crippen molar-refractivity contribution in [2.24, 2.45) is 0 Å². The van der Waals surface area contributed by atoms with E-state index in [-0.39, 0.29) is 6.09 Å². The number of benzene rings is 1. The molecule has 2 rings (SSSR count). The van der Waals surface area contributed by atoms with Crippen LogP contribution in [0.2, 0.25) is 0 Å². The van der Waals surface area contributed by atoms with Crippen LogP contribution in [0.3, 0.4) is 0 Å². The standard InChI is InChI=1S/C18H25NO3S/c1-14-5-7-16(8-6-14)23(21)13-15-9-11-19(12-10-15)17(20)22-18(2,3)4/h5-9H,10-13H2,1-4H3/t23-/m0/s1. The lowest BCUT2D eigenvalue weighted by molar-refractivity contribution is 0.0266. The predicted molar refractivity (Wildman–Crippen MR) is 93.0 cm³/mol. The lowest BCUT2D eigenvalue weighted by Crippen LogP contribution is -2.39. The minimum Gasteiger partial charge on any atom is -0.444 e. The average molecular weight is 335 g/mol. The van der Waals surface area contributed by atoms with Gasteiger partial charge in [0.15, 0.2) is 0 Å². The van der Waals surface area contributed by atoms with Gasteiger partial charge in [-0.1, -0.05) is 29.3 Å². The zero-order valence-corrected chi connectivity index (χ0v) is 15.1. The summed E-state index contributed by atoms with van der Waals surface area (Å²) in [5, 5.41) is 0. The van der Waals surface area contributed by atoms with Crippen LogP contribution in [0.15, 0.2) is 40.8 Å². The molecule has 0 radical (unpaired) electrons. The van der Waals surface area contributed by atoms with Gasteiger partial charge < -0.3 is 9.64 Å². The Morgan fingerprint density at radius 3 is 2.43 bits per heavy atom. The Balaban J connectivity index is 1.90. The second kappa shape index (κ2) is 7.30. The van der Waals surface area contributed by atoms with Gasteiger partial charge in [0.2, 0.25) is 0 Å². The maximum absolute atomic E-state index is 12.4. The van der Waals surface area contributed by atoms with E-state index in [0.717, 1.165) is 22.5 Å². The minimum absolute atomic E-state index is 0.285. The van der Waals surface area contributed by atoms with E-state index in [1.54, 1.807) is 4.90 Å². The molecule has 1 heterocycles. The van der Waals surface area contributed by atoms with Crippen LogP contribution >= 0.6 is 0 Å². The second-order valence-corrected chi connectivity index (χ2v) is 8.29. The summed E-state index contributed by atoms with van der Waals surface area (Å²) in [6.07, 6.45) is 2.46. The molecule has 23 heavy (non-hydrogen) atoms. The Morgan fingerprint density at radius 1 is 1.26 bits per heavy atom. The molecule has 0 spiro atoms. The number of ether oxygens (including phenoxy) is 1. The van der Waals surface area contributed by atoms with Crippen molar-refractivity contribution in [1.29, 1.82) is 0 Å². The number of nitrogens with zero attached hydrogens (tertiary/aromatic N) is 1. The van der Waals surface area contributed by atoms with Crippen LogP contribution in [0.1, 0.15) is 32.8 Å². The Bertz CT molecular complexity index is 614. The minimum atomic E-state index is -1.03. The largest absolute Gasteiger partial charge is 0.444 e. The first-order valence-corrected chi connectivity index (χ1v) is 9.17. The summed E-state index contributed by atoms with van der Waals surface area (Å²) in [6.45, 7) is 8.74. The van der Waals surface area contributed by atoms with Crippen molar-refractivity contribution in [3.8, 4) is 0 Å². The quantitative estimate of drug-likeness (QED) is 0.792. The first kappa shape index (κ1) is 17.7. The molecule has 0 saturated carbocycles. The van der Waals surface area contributed by atoms with Gasteiger partial charge in [-0.25, -0.2) is 4.79 Å². The Kier molecular flexibility index (Phi) is 5.63. The molecule has 1 amide bonds. The van der Waals surface area contributed by atoms with Crippen molar-refractivity contribution < 1.29 is 13.7 Å². The molecule has 1 atom stereocenters. The first-order chi connectivity index (χ1) is 10.7. The molecular formula is C18H25NO3S. The van der Waals surface area contributed by atoms with Crippen molar-refractivity contribution in [3.63, 3.8) is 0 Å². The van der Waals surface area contributed by atoms with E-state index in [9.17, 15) is 9.00 Å². The molecule has 5 heteroatoms. The molecule has 0 aromatic heterocycles. The Morgan fingerprint density at radius 2 is 1.91 bits per heavy atom. The van der Waals surface area contributed by atoms with Crippen LogP contribution in [0.25, 0.3) is 0 Å². The predicted octanol–water partition coefficient (Wildman–Crippen LogP) is 3.67. The Labute approximate surface area is 141 Å².